The Bertz CT molecular complexity index is 169. The summed E-state index contributed by atoms with van der Waals surface area (Å²) in [5.74, 6) is 0. The van der Waals surface area contributed by atoms with Gasteiger partial charge in [-0.1, -0.05) is 33.1 Å². The van der Waals surface area contributed by atoms with Gasteiger partial charge in [0.05, 0.1) is 5.54 Å². The highest BCUT2D eigenvalue weighted by molar-refractivity contribution is 6.71. The maximum Gasteiger partial charge on any atom is 0.348 e. The van der Waals surface area contributed by atoms with E-state index in [1.807, 2.05) is 0 Å². The fourth-order valence-corrected chi connectivity index (χ4v) is 5.04. The molecule has 0 fully saturated rings. The molecule has 0 spiro atoms. The van der Waals surface area contributed by atoms with Crippen LogP contribution in [-0.4, -0.2) is 29.1 Å². The summed E-state index contributed by atoms with van der Waals surface area (Å²) in [5.41, 5.74) is -0.0209. The molecule has 15 heavy (non-hydrogen) atoms. The van der Waals surface area contributed by atoms with Crippen LogP contribution in [0, 0.1) is 0 Å². The van der Waals surface area contributed by atoms with Crippen molar-refractivity contribution < 1.29 is 13.6 Å². The molecule has 0 radical (unpaired) electrons. The van der Waals surface area contributed by atoms with Crippen molar-refractivity contribution in [3.8, 4) is 0 Å². The van der Waals surface area contributed by atoms with Gasteiger partial charge in [0.2, 0.25) is 0 Å². The number of hydrogen-bond acceptors (Lipinski definition) is 3. The second kappa shape index (κ2) is 8.02. The average Bonchev–Trinajstić information content (AvgIpc) is 2.28. The molecule has 0 aromatic rings. The second-order valence-electron chi connectivity index (χ2n) is 3.85. The van der Waals surface area contributed by atoms with Gasteiger partial charge in [0.25, 0.3) is 0 Å². The molecule has 0 amide bonds. The summed E-state index contributed by atoms with van der Waals surface area (Å²) in [5, 5.41) is 0. The van der Waals surface area contributed by atoms with Gasteiger partial charge in [0.15, 0.2) is 0 Å². The highest BCUT2D eigenvalue weighted by atomic mass is 28.4. The molecule has 0 aliphatic rings. The van der Waals surface area contributed by atoms with Gasteiger partial charge in [-0.05, 0) is 12.5 Å². The molecule has 0 aromatic carbocycles. The van der Waals surface area contributed by atoms with Crippen LogP contribution in [0.25, 0.3) is 0 Å². The first-order valence-electron chi connectivity index (χ1n) is 5.76. The van der Waals surface area contributed by atoms with E-state index < -0.39 is 8.56 Å². The normalized spacial score (nSPS) is 13.9. The second-order valence-corrected chi connectivity index (χ2v) is 7.54. The lowest BCUT2D eigenvalue weighted by molar-refractivity contribution is -0.108. The van der Waals surface area contributed by atoms with Crippen molar-refractivity contribution in [2.75, 3.05) is 14.2 Å². The molecule has 0 aromatic heterocycles. The summed E-state index contributed by atoms with van der Waals surface area (Å²) in [6, 6.07) is 0.896. The van der Waals surface area contributed by atoms with Crippen LogP contribution < -0.4 is 0 Å². The Labute approximate surface area is 94.4 Å². The average molecular weight is 232 g/mol. The van der Waals surface area contributed by atoms with E-state index in [2.05, 4.69) is 13.8 Å². The van der Waals surface area contributed by atoms with Gasteiger partial charge in [-0.3, -0.25) is 0 Å². The first-order chi connectivity index (χ1) is 7.20. The lowest BCUT2D eigenvalue weighted by Crippen LogP contribution is -2.45. The van der Waals surface area contributed by atoms with Gasteiger partial charge >= 0.3 is 8.56 Å². The van der Waals surface area contributed by atoms with E-state index >= 15 is 0 Å². The molecule has 3 nitrogen and oxygen atoms in total. The van der Waals surface area contributed by atoms with E-state index in [0.29, 0.717) is 0 Å². The molecule has 90 valence electrons. The number of aldehydes is 1. The summed E-state index contributed by atoms with van der Waals surface area (Å²) < 4.78 is 11.1. The highest BCUT2D eigenvalue weighted by Gasteiger charge is 2.43. The van der Waals surface area contributed by atoms with Gasteiger partial charge < -0.3 is 13.6 Å². The topological polar surface area (TPSA) is 35.5 Å². The van der Waals surface area contributed by atoms with E-state index in [9.17, 15) is 4.79 Å². The van der Waals surface area contributed by atoms with Crippen LogP contribution in [-0.2, 0) is 13.6 Å². The Morgan fingerprint density at radius 1 is 1.20 bits per heavy atom. The quantitative estimate of drug-likeness (QED) is 0.453. The molecular formula is C11H24O3Si. The molecule has 0 heterocycles. The van der Waals surface area contributed by atoms with Crippen LogP contribution in [0.5, 0.6) is 0 Å². The van der Waals surface area contributed by atoms with Crippen LogP contribution in [0.2, 0.25) is 11.6 Å². The van der Waals surface area contributed by atoms with E-state index in [1.54, 1.807) is 14.2 Å². The van der Waals surface area contributed by atoms with Crippen molar-refractivity contribution in [1.29, 1.82) is 0 Å². The molecule has 0 aliphatic heterocycles. The molecule has 1 unspecified atom stereocenters. The van der Waals surface area contributed by atoms with Crippen LogP contribution in [0.3, 0.4) is 0 Å². The SMILES string of the molecule is CCCCC(C=O)[Si](CCC)(OC)OC. The Morgan fingerprint density at radius 2 is 1.80 bits per heavy atom. The first-order valence-corrected chi connectivity index (χ1v) is 7.86. The van der Waals surface area contributed by atoms with Crippen molar-refractivity contribution in [3.05, 3.63) is 0 Å². The zero-order valence-corrected chi connectivity index (χ0v) is 11.4. The Kier molecular flexibility index (Phi) is 7.91. The summed E-state index contributed by atoms with van der Waals surface area (Å²) in [7, 11) is 1.07. The Balaban J connectivity index is 4.58. The van der Waals surface area contributed by atoms with Crippen molar-refractivity contribution in [2.45, 2.75) is 51.1 Å². The summed E-state index contributed by atoms with van der Waals surface area (Å²) in [4.78, 5) is 11.1. The summed E-state index contributed by atoms with van der Waals surface area (Å²) in [6.45, 7) is 4.23. The van der Waals surface area contributed by atoms with E-state index in [-0.39, 0.29) is 5.54 Å². The van der Waals surface area contributed by atoms with E-state index in [4.69, 9.17) is 8.85 Å². The van der Waals surface area contributed by atoms with E-state index in [0.717, 1.165) is 38.0 Å². The molecule has 4 heteroatoms. The number of carbonyl (C=O) groups excluding carboxylic acids is 1. The molecule has 0 saturated carbocycles. The number of carbonyl (C=O) groups is 1. The monoisotopic (exact) mass is 232 g/mol. The van der Waals surface area contributed by atoms with E-state index in [1.165, 1.54) is 0 Å². The number of hydrogen-bond donors (Lipinski definition) is 0. The lowest BCUT2D eigenvalue weighted by atomic mass is 10.2. The largest absolute Gasteiger partial charge is 0.397 e. The molecule has 0 bridgehead atoms. The molecular weight excluding hydrogens is 208 g/mol. The van der Waals surface area contributed by atoms with Crippen LogP contribution in [0.1, 0.15) is 39.5 Å². The third-order valence-corrected chi connectivity index (χ3v) is 7.02. The van der Waals surface area contributed by atoms with Gasteiger partial charge in [0.1, 0.15) is 6.29 Å². The van der Waals surface area contributed by atoms with Gasteiger partial charge in [0, 0.05) is 14.2 Å². The highest BCUT2D eigenvalue weighted by Crippen LogP contribution is 2.31. The smallest absolute Gasteiger partial charge is 0.348 e. The lowest BCUT2D eigenvalue weighted by Gasteiger charge is -2.31. The zero-order chi connectivity index (χ0) is 11.7. The van der Waals surface area contributed by atoms with Crippen molar-refractivity contribution in [2.24, 2.45) is 0 Å². The predicted molar refractivity (Wildman–Crippen MR) is 64.2 cm³/mol. The summed E-state index contributed by atoms with van der Waals surface area (Å²) in [6.07, 6.45) is 5.10. The Hall–Kier alpha value is -0.193. The first kappa shape index (κ1) is 14.8. The minimum atomic E-state index is -2.28. The summed E-state index contributed by atoms with van der Waals surface area (Å²) >= 11 is 0. The van der Waals surface area contributed by atoms with Crippen LogP contribution in [0.15, 0.2) is 0 Å². The van der Waals surface area contributed by atoms with Gasteiger partial charge in [-0.25, -0.2) is 0 Å². The van der Waals surface area contributed by atoms with Crippen molar-refractivity contribution in [3.63, 3.8) is 0 Å². The predicted octanol–water partition coefficient (Wildman–Crippen LogP) is 2.89. The third kappa shape index (κ3) is 4.05. The number of rotatable bonds is 9. The zero-order valence-electron chi connectivity index (χ0n) is 10.4. The molecule has 1 atom stereocenters. The maximum absolute atomic E-state index is 11.1. The maximum atomic E-state index is 11.1. The fourth-order valence-electron chi connectivity index (χ4n) is 1.94. The van der Waals surface area contributed by atoms with Crippen molar-refractivity contribution >= 4 is 14.8 Å². The van der Waals surface area contributed by atoms with Gasteiger partial charge in [-0.2, -0.15) is 0 Å². The van der Waals surface area contributed by atoms with Gasteiger partial charge in [-0.15, -0.1) is 0 Å². The van der Waals surface area contributed by atoms with Crippen LogP contribution in [0.4, 0.5) is 0 Å². The minimum absolute atomic E-state index is 0.0209. The van der Waals surface area contributed by atoms with Crippen molar-refractivity contribution in [1.82, 2.24) is 0 Å². The molecule has 0 N–H and O–H groups in total. The molecule has 0 saturated heterocycles. The van der Waals surface area contributed by atoms with Crippen LogP contribution >= 0.6 is 0 Å². The minimum Gasteiger partial charge on any atom is -0.397 e. The molecule has 0 rings (SSSR count). The standard InChI is InChI=1S/C11H24O3Si/c1-5-7-8-11(10-12)15(13-3,14-4)9-6-2/h10-11H,5-9H2,1-4H3. The Morgan fingerprint density at radius 3 is 2.13 bits per heavy atom. The molecule has 0 aliphatic carbocycles. The fraction of sp³-hybridized carbons (Fsp3) is 0.909. The number of unbranched alkanes of at least 4 members (excludes halogenated alkanes) is 1. The third-order valence-electron chi connectivity index (χ3n) is 2.89.